The van der Waals surface area contributed by atoms with E-state index in [2.05, 4.69) is 5.32 Å². The second-order valence-electron chi connectivity index (χ2n) is 8.40. The van der Waals surface area contributed by atoms with E-state index in [4.69, 9.17) is 0 Å². The number of hydrogen-bond acceptors (Lipinski definition) is 4. The SMILES string of the molecule is O=C(NC1CCN(C(=O)CN2C(=O)[C@H]3CCCC[C@H]3C2=O)CC1)c1ccc(F)cc1. The van der Waals surface area contributed by atoms with Gasteiger partial charge in [-0.3, -0.25) is 24.1 Å². The molecule has 7 nitrogen and oxygen atoms in total. The molecule has 0 unspecified atom stereocenters. The van der Waals surface area contributed by atoms with Crippen molar-refractivity contribution in [3.8, 4) is 0 Å². The number of nitrogens with one attached hydrogen (secondary N) is 1. The monoisotopic (exact) mass is 415 g/mol. The summed E-state index contributed by atoms with van der Waals surface area (Å²) >= 11 is 0. The molecule has 1 saturated carbocycles. The first-order chi connectivity index (χ1) is 14.4. The maximum Gasteiger partial charge on any atom is 0.251 e. The Morgan fingerprint density at radius 3 is 2.07 bits per heavy atom. The van der Waals surface area contributed by atoms with E-state index in [0.717, 1.165) is 30.6 Å². The quantitative estimate of drug-likeness (QED) is 0.759. The van der Waals surface area contributed by atoms with Crippen LogP contribution in [0.4, 0.5) is 4.39 Å². The van der Waals surface area contributed by atoms with Crippen molar-refractivity contribution in [1.82, 2.24) is 15.1 Å². The lowest BCUT2D eigenvalue weighted by molar-refractivity contribution is -0.147. The maximum atomic E-state index is 13.0. The van der Waals surface area contributed by atoms with Gasteiger partial charge < -0.3 is 10.2 Å². The molecule has 1 aromatic rings. The highest BCUT2D eigenvalue weighted by Crippen LogP contribution is 2.37. The molecule has 1 aromatic carbocycles. The molecule has 2 aliphatic heterocycles. The largest absolute Gasteiger partial charge is 0.349 e. The molecule has 4 amide bonds. The minimum atomic E-state index is -0.396. The number of carbonyl (C=O) groups is 4. The van der Waals surface area contributed by atoms with E-state index >= 15 is 0 Å². The zero-order valence-electron chi connectivity index (χ0n) is 16.8. The van der Waals surface area contributed by atoms with Gasteiger partial charge in [-0.2, -0.15) is 0 Å². The molecule has 0 bridgehead atoms. The molecule has 1 aliphatic carbocycles. The number of fused-ring (bicyclic) bond motifs is 1. The first-order valence-corrected chi connectivity index (χ1v) is 10.6. The Kier molecular flexibility index (Phi) is 5.83. The van der Waals surface area contributed by atoms with Gasteiger partial charge >= 0.3 is 0 Å². The van der Waals surface area contributed by atoms with E-state index in [1.165, 1.54) is 24.3 Å². The van der Waals surface area contributed by atoms with Crippen LogP contribution in [0, 0.1) is 17.7 Å². The van der Waals surface area contributed by atoms with Crippen LogP contribution in [-0.2, 0) is 14.4 Å². The number of halogens is 1. The molecular formula is C22H26FN3O4. The maximum absolute atomic E-state index is 13.0. The molecule has 30 heavy (non-hydrogen) atoms. The minimum absolute atomic E-state index is 0.0791. The van der Waals surface area contributed by atoms with Crippen LogP contribution < -0.4 is 5.32 Å². The molecule has 0 radical (unpaired) electrons. The van der Waals surface area contributed by atoms with E-state index in [0.29, 0.717) is 31.5 Å². The number of rotatable bonds is 4. The molecule has 0 aromatic heterocycles. The van der Waals surface area contributed by atoms with E-state index in [1.807, 2.05) is 0 Å². The predicted octanol–water partition coefficient (Wildman–Crippen LogP) is 1.72. The first kappa shape index (κ1) is 20.5. The van der Waals surface area contributed by atoms with Crippen LogP contribution >= 0.6 is 0 Å². The van der Waals surface area contributed by atoms with Gasteiger partial charge in [-0.15, -0.1) is 0 Å². The van der Waals surface area contributed by atoms with Crippen LogP contribution in [0.2, 0.25) is 0 Å². The Bertz CT molecular complexity index is 824. The van der Waals surface area contributed by atoms with Gasteiger partial charge in [0.25, 0.3) is 5.91 Å². The number of carbonyl (C=O) groups excluding carboxylic acids is 4. The fourth-order valence-corrected chi connectivity index (χ4v) is 4.77. The Labute approximate surface area is 174 Å². The molecule has 8 heteroatoms. The number of amides is 4. The summed E-state index contributed by atoms with van der Waals surface area (Å²) in [5.74, 6) is -1.76. The lowest BCUT2D eigenvalue weighted by Gasteiger charge is -2.33. The minimum Gasteiger partial charge on any atom is -0.349 e. The number of piperidine rings is 1. The topological polar surface area (TPSA) is 86.8 Å². The highest BCUT2D eigenvalue weighted by molar-refractivity contribution is 6.07. The van der Waals surface area contributed by atoms with Gasteiger partial charge in [0.05, 0.1) is 11.8 Å². The van der Waals surface area contributed by atoms with Gasteiger partial charge in [0.1, 0.15) is 12.4 Å². The smallest absolute Gasteiger partial charge is 0.251 e. The van der Waals surface area contributed by atoms with Gasteiger partial charge in [-0.05, 0) is 49.9 Å². The highest BCUT2D eigenvalue weighted by atomic mass is 19.1. The molecule has 2 saturated heterocycles. The molecule has 160 valence electrons. The van der Waals surface area contributed by atoms with Crippen LogP contribution in [0.25, 0.3) is 0 Å². The van der Waals surface area contributed by atoms with E-state index in [9.17, 15) is 23.6 Å². The predicted molar refractivity (Wildman–Crippen MR) is 106 cm³/mol. The van der Waals surface area contributed by atoms with Gasteiger partial charge in [0.2, 0.25) is 17.7 Å². The normalized spacial score (nSPS) is 24.7. The van der Waals surface area contributed by atoms with Crippen LogP contribution in [0.15, 0.2) is 24.3 Å². The summed E-state index contributed by atoms with van der Waals surface area (Å²) in [6, 6.07) is 5.28. The molecule has 1 N–H and O–H groups in total. The fraction of sp³-hybridized carbons (Fsp3) is 0.545. The van der Waals surface area contributed by atoms with E-state index in [-0.39, 0.29) is 48.1 Å². The Morgan fingerprint density at radius 1 is 0.933 bits per heavy atom. The Hall–Kier alpha value is -2.77. The number of nitrogens with zero attached hydrogens (tertiary/aromatic N) is 2. The molecule has 4 rings (SSSR count). The van der Waals surface area contributed by atoms with E-state index in [1.54, 1.807) is 4.90 Å². The molecule has 2 atom stereocenters. The van der Waals surface area contributed by atoms with Crippen LogP contribution in [0.3, 0.4) is 0 Å². The first-order valence-electron chi connectivity index (χ1n) is 10.6. The second kappa shape index (κ2) is 8.53. The fourth-order valence-electron chi connectivity index (χ4n) is 4.77. The summed E-state index contributed by atoms with van der Waals surface area (Å²) in [7, 11) is 0. The zero-order chi connectivity index (χ0) is 21.3. The van der Waals surface area contributed by atoms with Crippen LogP contribution in [0.5, 0.6) is 0 Å². The van der Waals surface area contributed by atoms with Crippen molar-refractivity contribution in [2.75, 3.05) is 19.6 Å². The van der Waals surface area contributed by atoms with Crippen molar-refractivity contribution in [3.63, 3.8) is 0 Å². The average Bonchev–Trinajstić information content (AvgIpc) is 3.00. The standard InChI is InChI=1S/C22H26FN3O4/c23-15-7-5-14(6-8-15)20(28)24-16-9-11-25(12-10-16)19(27)13-26-21(29)17-3-1-2-4-18(17)22(26)30/h5-8,16-18H,1-4,9-13H2,(H,24,28)/t17-,18+. The van der Waals surface area contributed by atoms with Crippen molar-refractivity contribution in [3.05, 3.63) is 35.6 Å². The van der Waals surface area contributed by atoms with Crippen molar-refractivity contribution < 1.29 is 23.6 Å². The summed E-state index contributed by atoms with van der Waals surface area (Å²) < 4.78 is 13.0. The zero-order valence-corrected chi connectivity index (χ0v) is 16.8. The summed E-state index contributed by atoms with van der Waals surface area (Å²) in [6.45, 7) is 0.726. The number of benzene rings is 1. The summed E-state index contributed by atoms with van der Waals surface area (Å²) in [4.78, 5) is 52.9. The Balaban J connectivity index is 1.27. The Morgan fingerprint density at radius 2 is 1.50 bits per heavy atom. The second-order valence-corrected chi connectivity index (χ2v) is 8.40. The highest BCUT2D eigenvalue weighted by Gasteiger charge is 2.48. The number of imide groups is 1. The van der Waals surface area contributed by atoms with Gasteiger partial charge in [0.15, 0.2) is 0 Å². The third-order valence-electron chi connectivity index (χ3n) is 6.52. The third-order valence-corrected chi connectivity index (χ3v) is 6.52. The number of likely N-dealkylation sites (tertiary alicyclic amines) is 2. The van der Waals surface area contributed by atoms with Gasteiger partial charge in [0, 0.05) is 24.7 Å². The van der Waals surface area contributed by atoms with Crippen LogP contribution in [0.1, 0.15) is 48.9 Å². The van der Waals surface area contributed by atoms with Crippen molar-refractivity contribution >= 4 is 23.6 Å². The molecular weight excluding hydrogens is 389 g/mol. The summed E-state index contributed by atoms with van der Waals surface area (Å²) in [5, 5.41) is 2.92. The third kappa shape index (κ3) is 4.08. The van der Waals surface area contributed by atoms with Gasteiger partial charge in [-0.1, -0.05) is 12.8 Å². The molecule has 3 aliphatic rings. The van der Waals surface area contributed by atoms with Crippen molar-refractivity contribution in [2.45, 2.75) is 44.6 Å². The average molecular weight is 415 g/mol. The lowest BCUT2D eigenvalue weighted by atomic mass is 9.81. The number of hydrogen-bond donors (Lipinski definition) is 1. The molecule has 2 heterocycles. The summed E-state index contributed by atoms with van der Waals surface area (Å²) in [5.41, 5.74) is 0.391. The lowest BCUT2D eigenvalue weighted by Crippen LogP contribution is -2.49. The molecule has 3 fully saturated rings. The van der Waals surface area contributed by atoms with E-state index < -0.39 is 5.82 Å². The van der Waals surface area contributed by atoms with Crippen molar-refractivity contribution in [1.29, 1.82) is 0 Å². The van der Waals surface area contributed by atoms with Gasteiger partial charge in [-0.25, -0.2) is 4.39 Å². The molecule has 0 spiro atoms. The van der Waals surface area contributed by atoms with Crippen molar-refractivity contribution in [2.24, 2.45) is 11.8 Å². The summed E-state index contributed by atoms with van der Waals surface area (Å²) in [6.07, 6.45) is 4.56. The van der Waals surface area contributed by atoms with Crippen LogP contribution in [-0.4, -0.2) is 59.1 Å².